The molecule has 0 N–H and O–H groups in total. The summed E-state index contributed by atoms with van der Waals surface area (Å²) in [5.41, 5.74) is 12.3. The van der Waals surface area contributed by atoms with Crippen molar-refractivity contribution in [3.8, 4) is 56.3 Å². The number of allylic oxidation sites excluding steroid dienone is 5. The number of Topliss-reactive ketones (excluding diaryl/α,β-unsaturated/α-hetero) is 1. The maximum atomic E-state index is 18.7. The average molecular weight is 1060 g/mol. The monoisotopic (exact) mass is 1060 g/mol. The summed E-state index contributed by atoms with van der Waals surface area (Å²) in [5, 5.41) is 0. The van der Waals surface area contributed by atoms with Crippen molar-refractivity contribution in [1.29, 1.82) is 0 Å². The molecule has 0 unspecified atom stereocenters. The van der Waals surface area contributed by atoms with Crippen LogP contribution in [-0.4, -0.2) is 69.0 Å². The molecule has 1 aliphatic carbocycles. The van der Waals surface area contributed by atoms with Crippen molar-refractivity contribution >= 4 is 47.1 Å². The van der Waals surface area contributed by atoms with Gasteiger partial charge in [-0.3, -0.25) is 4.79 Å². The minimum atomic E-state index is -4.57. The van der Waals surface area contributed by atoms with E-state index >= 15 is 8.63 Å². The molecule has 402 valence electrons. The summed E-state index contributed by atoms with van der Waals surface area (Å²) in [6, 6.07) is 54.5. The first-order valence-corrected chi connectivity index (χ1v) is 28.3. The summed E-state index contributed by atoms with van der Waals surface area (Å²) >= 11 is 0. The van der Waals surface area contributed by atoms with Crippen molar-refractivity contribution in [2.75, 3.05) is 36.0 Å². The van der Waals surface area contributed by atoms with E-state index in [9.17, 15) is 4.79 Å². The zero-order valence-electron chi connectivity index (χ0n) is 47.5. The maximum Gasteiger partial charge on any atom is 0.642 e. The van der Waals surface area contributed by atoms with Gasteiger partial charge in [-0.25, -0.2) is 4.98 Å². The standard InChI is InChI=1S/C69H68BF2N7O/c1-11-75(12-2)51-37-33-47(34-38-51)59-41-54(45-23-17-15-18-24-45)65-74-66-55(42-60(79(66)70(71,72)78(59)65)48-35-39-52(40-36-48)76(13-3)14-4)46-29-31-50(32-30-46)64-73-61(49-25-19-16-20-26-49)62-53-27-21-22-28-56(53)69(77(62)64)43-57(67(5,6)7)63(80)58(44-69)68(8,9)10/h15-44H,11-14H2,1-10H3. The van der Waals surface area contributed by atoms with Gasteiger partial charge in [0.1, 0.15) is 11.4 Å². The van der Waals surface area contributed by atoms with Crippen LogP contribution in [0.1, 0.15) is 85.9 Å². The van der Waals surface area contributed by atoms with E-state index in [1.54, 1.807) is 0 Å². The second-order valence-corrected chi connectivity index (χ2v) is 23.5. The van der Waals surface area contributed by atoms with Gasteiger partial charge in [0, 0.05) is 82.2 Å². The Morgan fingerprint density at radius 1 is 0.575 bits per heavy atom. The summed E-state index contributed by atoms with van der Waals surface area (Å²) in [5.74, 6) is 1.18. The zero-order valence-corrected chi connectivity index (χ0v) is 47.5. The molecule has 80 heavy (non-hydrogen) atoms. The van der Waals surface area contributed by atoms with Crippen LogP contribution < -0.4 is 9.80 Å². The number of amidine groups is 1. The molecule has 0 atom stereocenters. The van der Waals surface area contributed by atoms with Gasteiger partial charge >= 0.3 is 6.97 Å². The highest BCUT2D eigenvalue weighted by Gasteiger charge is 2.54. The molecule has 2 aromatic heterocycles. The number of hydrogen-bond acceptors (Lipinski definition) is 5. The van der Waals surface area contributed by atoms with Crippen LogP contribution in [-0.2, 0) is 10.3 Å². The number of carbonyl (C=O) groups is 1. The van der Waals surface area contributed by atoms with Crippen LogP contribution in [0.5, 0.6) is 0 Å². The molecule has 0 saturated heterocycles. The van der Waals surface area contributed by atoms with Gasteiger partial charge in [-0.2, -0.15) is 0 Å². The second kappa shape index (κ2) is 19.4. The van der Waals surface area contributed by atoms with Crippen LogP contribution >= 0.6 is 0 Å². The van der Waals surface area contributed by atoms with E-state index in [-0.39, 0.29) is 17.4 Å². The summed E-state index contributed by atoms with van der Waals surface area (Å²) in [4.78, 5) is 30.2. The molecule has 11 heteroatoms. The van der Waals surface area contributed by atoms with Crippen LogP contribution in [0.3, 0.4) is 0 Å². The van der Waals surface area contributed by atoms with Gasteiger partial charge in [-0.1, -0.05) is 163 Å². The molecule has 12 rings (SSSR count). The number of aromatic nitrogens is 3. The van der Waals surface area contributed by atoms with Gasteiger partial charge in [0.25, 0.3) is 5.84 Å². The first-order chi connectivity index (χ1) is 38.4. The molecule has 5 heterocycles. The van der Waals surface area contributed by atoms with Gasteiger partial charge in [0.2, 0.25) is 5.82 Å². The quantitative estimate of drug-likeness (QED) is 0.114. The predicted molar refractivity (Wildman–Crippen MR) is 327 cm³/mol. The molecule has 6 aromatic carbocycles. The van der Waals surface area contributed by atoms with E-state index in [1.807, 2.05) is 121 Å². The topological polar surface area (TPSA) is 61.7 Å². The summed E-state index contributed by atoms with van der Waals surface area (Å²) in [6.07, 6.45) is 6.27. The molecule has 3 aliphatic heterocycles. The smallest absolute Gasteiger partial charge is 0.414 e. The Labute approximate surface area is 469 Å². The molecular weight excluding hydrogens is 992 g/mol. The number of carbonyl (C=O) groups excluding carboxylic acids is 1. The van der Waals surface area contributed by atoms with Gasteiger partial charge < -0.3 is 32.0 Å². The molecular formula is C69H68BF2N7O. The van der Waals surface area contributed by atoms with Gasteiger partial charge in [-0.05, 0) is 126 Å². The number of aliphatic imine (C=N–C) groups is 1. The fourth-order valence-electron chi connectivity index (χ4n) is 12.6. The van der Waals surface area contributed by atoms with Crippen molar-refractivity contribution in [2.24, 2.45) is 15.8 Å². The number of hydrogen-bond donors (Lipinski definition) is 0. The number of fused-ring (bicyclic) bond motifs is 7. The molecule has 8 aromatic rings. The first kappa shape index (κ1) is 52.3. The number of imidazole rings is 1. The van der Waals surface area contributed by atoms with Crippen LogP contribution in [0.2, 0.25) is 0 Å². The summed E-state index contributed by atoms with van der Waals surface area (Å²) < 4.78 is 42.2. The SMILES string of the molecule is CCN(CC)c1ccc(C2=[N+]3C(=Nc4c(-c5ccccc5)cc(-c5ccc(N(CC)CC)cc5)n4[B-]3(F)F)C(c3ccc(-c4nc(-c5ccccc5)c5n4C4(C=C(C(C)(C)C)C(=O)C(C(C)(C)C)=C4)c4ccccc4-5)cc3)=C2)cc1. The van der Waals surface area contributed by atoms with Gasteiger partial charge in [0.05, 0.1) is 22.7 Å². The van der Waals surface area contributed by atoms with Gasteiger partial charge in [0.15, 0.2) is 5.78 Å². The van der Waals surface area contributed by atoms with Crippen LogP contribution in [0.15, 0.2) is 198 Å². The fourth-order valence-corrected chi connectivity index (χ4v) is 12.6. The minimum Gasteiger partial charge on any atom is -0.414 e. The van der Waals surface area contributed by atoms with Crippen LogP contribution in [0, 0.1) is 10.8 Å². The van der Waals surface area contributed by atoms with Crippen molar-refractivity contribution in [3.05, 3.63) is 210 Å². The molecule has 0 saturated carbocycles. The molecule has 4 aliphatic rings. The fraction of sp³-hybridized carbons (Fsp3) is 0.246. The lowest BCUT2D eigenvalue weighted by molar-refractivity contribution is -0.291. The van der Waals surface area contributed by atoms with Crippen molar-refractivity contribution in [3.63, 3.8) is 0 Å². The van der Waals surface area contributed by atoms with E-state index in [2.05, 4.69) is 144 Å². The lowest BCUT2D eigenvalue weighted by Crippen LogP contribution is -2.53. The molecule has 0 radical (unpaired) electrons. The number of nitrogens with zero attached hydrogens (tertiary/aromatic N) is 7. The Morgan fingerprint density at radius 3 is 1.62 bits per heavy atom. The normalized spacial score (nSPS) is 15.9. The maximum absolute atomic E-state index is 18.7. The van der Waals surface area contributed by atoms with Crippen molar-refractivity contribution < 1.29 is 17.9 Å². The first-order valence-electron chi connectivity index (χ1n) is 28.3. The van der Waals surface area contributed by atoms with Crippen LogP contribution in [0.25, 0.3) is 61.9 Å². The van der Waals surface area contributed by atoms with E-state index in [0.29, 0.717) is 33.7 Å². The number of benzene rings is 6. The number of rotatable bonds is 12. The Morgan fingerprint density at radius 2 is 1.07 bits per heavy atom. The predicted octanol–water partition coefficient (Wildman–Crippen LogP) is 16.2. The van der Waals surface area contributed by atoms with Gasteiger partial charge in [-0.15, -0.1) is 0 Å². The lowest BCUT2D eigenvalue weighted by atomic mass is 9.67. The molecule has 0 bridgehead atoms. The molecule has 0 fully saturated rings. The van der Waals surface area contributed by atoms with E-state index in [1.165, 1.54) is 8.96 Å². The Bertz CT molecular complexity index is 3880. The molecule has 1 spiro atoms. The van der Waals surface area contributed by atoms with E-state index in [0.717, 1.165) is 99.3 Å². The highest BCUT2D eigenvalue weighted by atomic mass is 19.2. The lowest BCUT2D eigenvalue weighted by Gasteiger charge is -2.39. The zero-order chi connectivity index (χ0) is 56.0. The van der Waals surface area contributed by atoms with Crippen molar-refractivity contribution in [2.45, 2.75) is 74.8 Å². The number of anilines is 2. The number of ketones is 1. The third kappa shape index (κ3) is 8.29. The Balaban J connectivity index is 1.06. The summed E-state index contributed by atoms with van der Waals surface area (Å²) in [6.45, 7) is 19.9. The highest BCUT2D eigenvalue weighted by molar-refractivity contribution is 6.63. The average Bonchev–Trinajstić information content (AvgIpc) is 4.14. The van der Waals surface area contributed by atoms with E-state index < -0.39 is 23.3 Å². The third-order valence-electron chi connectivity index (χ3n) is 16.7. The van der Waals surface area contributed by atoms with Crippen LogP contribution in [0.4, 0.5) is 25.8 Å². The van der Waals surface area contributed by atoms with E-state index in [4.69, 9.17) is 9.98 Å². The Hall–Kier alpha value is -8.44. The molecule has 8 nitrogen and oxygen atoms in total. The van der Waals surface area contributed by atoms with Crippen molar-refractivity contribution in [1.82, 2.24) is 14.0 Å². The minimum absolute atomic E-state index is 0.0623. The number of halogens is 2. The molecule has 0 amide bonds. The second-order valence-electron chi connectivity index (χ2n) is 23.5. The largest absolute Gasteiger partial charge is 0.642 e. The highest BCUT2D eigenvalue weighted by Crippen LogP contribution is 2.56. The third-order valence-corrected chi connectivity index (χ3v) is 16.7. The Kier molecular flexibility index (Phi) is 12.7. The summed E-state index contributed by atoms with van der Waals surface area (Å²) in [7, 11) is 0.